The first kappa shape index (κ1) is 15.9. The fourth-order valence-electron chi connectivity index (χ4n) is 1.79. The summed E-state index contributed by atoms with van der Waals surface area (Å²) in [4.78, 5) is 0. The van der Waals surface area contributed by atoms with Gasteiger partial charge in [0.1, 0.15) is 0 Å². The molecule has 0 amide bonds. The van der Waals surface area contributed by atoms with Gasteiger partial charge < -0.3 is 5.73 Å². The minimum Gasteiger partial charge on any atom is -0.330 e. The van der Waals surface area contributed by atoms with Gasteiger partial charge in [0.15, 0.2) is 0 Å². The van der Waals surface area contributed by atoms with Crippen molar-refractivity contribution in [3.63, 3.8) is 0 Å². The van der Waals surface area contributed by atoms with E-state index in [0.29, 0.717) is 10.7 Å². The highest BCUT2D eigenvalue weighted by Gasteiger charge is 2.13. The second-order valence-corrected chi connectivity index (χ2v) is 8.04. The van der Waals surface area contributed by atoms with E-state index in [9.17, 15) is 0 Å². The smallest absolute Gasteiger partial charge is 0.0406 e. The van der Waals surface area contributed by atoms with Crippen LogP contribution in [0.2, 0.25) is 5.02 Å². The summed E-state index contributed by atoms with van der Waals surface area (Å²) in [6.45, 7) is 7.53. The molecule has 0 radical (unpaired) electrons. The molecule has 18 heavy (non-hydrogen) atoms. The van der Waals surface area contributed by atoms with Crippen molar-refractivity contribution in [2.75, 3.05) is 12.3 Å². The molecule has 0 spiro atoms. The summed E-state index contributed by atoms with van der Waals surface area (Å²) in [6.07, 6.45) is 2.24. The van der Waals surface area contributed by atoms with Crippen molar-refractivity contribution in [2.24, 2.45) is 11.7 Å². The average Bonchev–Trinajstić information content (AvgIpc) is 2.29. The van der Waals surface area contributed by atoms with Gasteiger partial charge in [0.2, 0.25) is 0 Å². The molecule has 1 nitrogen and oxygen atoms in total. The molecular formula is C15H24ClNS. The molecule has 0 fully saturated rings. The van der Waals surface area contributed by atoms with Crippen LogP contribution in [0.25, 0.3) is 0 Å². The summed E-state index contributed by atoms with van der Waals surface area (Å²) in [5.74, 6) is 1.75. The molecule has 0 aliphatic carbocycles. The topological polar surface area (TPSA) is 26.0 Å². The van der Waals surface area contributed by atoms with E-state index in [4.69, 9.17) is 17.3 Å². The second kappa shape index (κ2) is 7.42. The summed E-state index contributed by atoms with van der Waals surface area (Å²) in [7, 11) is 0. The van der Waals surface area contributed by atoms with Crippen LogP contribution in [0.3, 0.4) is 0 Å². The van der Waals surface area contributed by atoms with E-state index in [1.165, 1.54) is 17.7 Å². The third kappa shape index (κ3) is 6.67. The summed E-state index contributed by atoms with van der Waals surface area (Å²) >= 11 is 7.90. The van der Waals surface area contributed by atoms with Crippen LogP contribution in [0.5, 0.6) is 0 Å². The number of hydrogen-bond acceptors (Lipinski definition) is 2. The first-order chi connectivity index (χ1) is 8.40. The van der Waals surface area contributed by atoms with Crippen LogP contribution < -0.4 is 5.73 Å². The fraction of sp³-hybridized carbons (Fsp3) is 0.600. The number of nitrogens with two attached hydrogens (primary N) is 1. The van der Waals surface area contributed by atoms with Gasteiger partial charge in [-0.25, -0.2) is 0 Å². The van der Waals surface area contributed by atoms with Gasteiger partial charge >= 0.3 is 0 Å². The van der Waals surface area contributed by atoms with Crippen LogP contribution in [0.1, 0.15) is 32.8 Å². The maximum absolute atomic E-state index is 5.89. The van der Waals surface area contributed by atoms with Gasteiger partial charge in [-0.1, -0.05) is 44.5 Å². The zero-order valence-electron chi connectivity index (χ0n) is 11.6. The third-order valence-corrected chi connectivity index (χ3v) is 4.39. The highest BCUT2D eigenvalue weighted by molar-refractivity contribution is 8.00. The molecule has 0 heterocycles. The van der Waals surface area contributed by atoms with Crippen LogP contribution in [-0.2, 0) is 6.42 Å². The first-order valence-corrected chi connectivity index (χ1v) is 7.85. The Morgan fingerprint density at radius 1 is 1.22 bits per heavy atom. The molecule has 0 saturated carbocycles. The summed E-state index contributed by atoms with van der Waals surface area (Å²) in [5, 5.41) is 0.798. The Morgan fingerprint density at radius 2 is 1.83 bits per heavy atom. The Labute approximate surface area is 120 Å². The Hall–Kier alpha value is -0.180. The van der Waals surface area contributed by atoms with Crippen molar-refractivity contribution in [3.05, 3.63) is 34.9 Å². The van der Waals surface area contributed by atoms with Crippen molar-refractivity contribution >= 4 is 23.4 Å². The van der Waals surface area contributed by atoms with Crippen LogP contribution in [-0.4, -0.2) is 17.0 Å². The standard InChI is InChI=1S/C15H24ClNS/c1-15(2,3)18-9-8-13(11-17)10-12-4-6-14(16)7-5-12/h4-7,13H,8-11,17H2,1-3H3. The van der Waals surface area contributed by atoms with Crippen LogP contribution in [0.4, 0.5) is 0 Å². The Bertz CT molecular complexity index is 343. The quantitative estimate of drug-likeness (QED) is 0.839. The third-order valence-electron chi connectivity index (χ3n) is 2.83. The SMILES string of the molecule is CC(C)(C)SCCC(CN)Cc1ccc(Cl)cc1. The van der Waals surface area contributed by atoms with Crippen molar-refractivity contribution < 1.29 is 0 Å². The summed E-state index contributed by atoms with van der Waals surface area (Å²) < 4.78 is 0.347. The van der Waals surface area contributed by atoms with Crippen molar-refractivity contribution in [2.45, 2.75) is 38.4 Å². The molecule has 1 unspecified atom stereocenters. The minimum absolute atomic E-state index is 0.347. The monoisotopic (exact) mass is 285 g/mol. The minimum atomic E-state index is 0.347. The lowest BCUT2D eigenvalue weighted by atomic mass is 9.97. The highest BCUT2D eigenvalue weighted by Crippen LogP contribution is 2.25. The zero-order valence-corrected chi connectivity index (χ0v) is 13.2. The summed E-state index contributed by atoms with van der Waals surface area (Å²) in [5.41, 5.74) is 7.19. The van der Waals surface area contributed by atoms with Gasteiger partial charge in [0, 0.05) is 9.77 Å². The van der Waals surface area contributed by atoms with Crippen LogP contribution >= 0.6 is 23.4 Å². The Morgan fingerprint density at radius 3 is 2.33 bits per heavy atom. The normalized spacial score (nSPS) is 13.6. The number of hydrogen-bond donors (Lipinski definition) is 1. The maximum atomic E-state index is 5.89. The predicted molar refractivity (Wildman–Crippen MR) is 84.5 cm³/mol. The molecule has 1 aromatic carbocycles. The molecule has 1 aromatic rings. The van der Waals surface area contributed by atoms with Gasteiger partial charge in [-0.15, -0.1) is 0 Å². The lowest BCUT2D eigenvalue weighted by Gasteiger charge is -2.20. The molecule has 0 bridgehead atoms. The van der Waals surface area contributed by atoms with Crippen molar-refractivity contribution in [1.82, 2.24) is 0 Å². The van der Waals surface area contributed by atoms with Gasteiger partial charge in [-0.05, 0) is 48.8 Å². The van der Waals surface area contributed by atoms with E-state index in [-0.39, 0.29) is 0 Å². The second-order valence-electron chi connectivity index (χ2n) is 5.68. The van der Waals surface area contributed by atoms with Crippen LogP contribution in [0.15, 0.2) is 24.3 Å². The largest absolute Gasteiger partial charge is 0.330 e. The molecule has 0 saturated heterocycles. The van der Waals surface area contributed by atoms with Crippen molar-refractivity contribution in [3.8, 4) is 0 Å². The highest BCUT2D eigenvalue weighted by atomic mass is 35.5. The molecule has 0 aliphatic rings. The molecule has 2 N–H and O–H groups in total. The molecule has 1 rings (SSSR count). The Kier molecular flexibility index (Phi) is 6.54. The fourth-order valence-corrected chi connectivity index (χ4v) is 2.98. The summed E-state index contributed by atoms with van der Waals surface area (Å²) in [6, 6.07) is 8.10. The van der Waals surface area contributed by atoms with E-state index in [1.807, 2.05) is 23.9 Å². The average molecular weight is 286 g/mol. The van der Waals surface area contributed by atoms with E-state index in [1.54, 1.807) is 0 Å². The predicted octanol–water partition coefficient (Wildman–Crippen LogP) is 4.38. The first-order valence-electron chi connectivity index (χ1n) is 6.49. The number of rotatable bonds is 6. The van der Waals surface area contributed by atoms with Gasteiger partial charge in [0.25, 0.3) is 0 Å². The molecule has 0 aromatic heterocycles. The van der Waals surface area contributed by atoms with Crippen LogP contribution in [0, 0.1) is 5.92 Å². The molecule has 102 valence electrons. The number of benzene rings is 1. The molecule has 1 atom stereocenters. The Balaban J connectivity index is 2.40. The molecule has 3 heteroatoms. The van der Waals surface area contributed by atoms with E-state index in [2.05, 4.69) is 32.9 Å². The van der Waals surface area contributed by atoms with E-state index >= 15 is 0 Å². The lowest BCUT2D eigenvalue weighted by Crippen LogP contribution is -2.19. The molecular weight excluding hydrogens is 262 g/mol. The van der Waals surface area contributed by atoms with Crippen molar-refractivity contribution in [1.29, 1.82) is 0 Å². The van der Waals surface area contributed by atoms with E-state index < -0.39 is 0 Å². The van der Waals surface area contributed by atoms with Gasteiger partial charge in [-0.2, -0.15) is 11.8 Å². The van der Waals surface area contributed by atoms with E-state index in [0.717, 1.165) is 18.0 Å². The zero-order chi connectivity index (χ0) is 13.6. The number of halogens is 1. The van der Waals surface area contributed by atoms with Gasteiger partial charge in [0.05, 0.1) is 0 Å². The molecule has 0 aliphatic heterocycles. The lowest BCUT2D eigenvalue weighted by molar-refractivity contribution is 0.522. The number of thioether (sulfide) groups is 1. The maximum Gasteiger partial charge on any atom is 0.0406 e. The van der Waals surface area contributed by atoms with Gasteiger partial charge in [-0.3, -0.25) is 0 Å².